The molecular formula is C15H23N3O3. The van der Waals surface area contributed by atoms with Crippen molar-refractivity contribution < 1.29 is 14.3 Å². The van der Waals surface area contributed by atoms with Crippen molar-refractivity contribution in [3.8, 4) is 0 Å². The minimum atomic E-state index is -0.590. The molecule has 1 saturated heterocycles. The van der Waals surface area contributed by atoms with E-state index >= 15 is 0 Å². The average Bonchev–Trinajstić information content (AvgIpc) is 2.53. The van der Waals surface area contributed by atoms with E-state index in [-0.39, 0.29) is 18.5 Å². The molecule has 0 aromatic carbocycles. The van der Waals surface area contributed by atoms with Gasteiger partial charge in [0.05, 0.1) is 18.9 Å². The van der Waals surface area contributed by atoms with E-state index in [1.165, 1.54) is 0 Å². The van der Waals surface area contributed by atoms with Crippen LogP contribution >= 0.6 is 0 Å². The van der Waals surface area contributed by atoms with Gasteiger partial charge in [-0.05, 0) is 18.1 Å². The van der Waals surface area contributed by atoms with Gasteiger partial charge in [-0.3, -0.25) is 4.79 Å². The zero-order chi connectivity index (χ0) is 15.2. The van der Waals surface area contributed by atoms with Gasteiger partial charge in [-0.25, -0.2) is 4.98 Å². The third-order valence-electron chi connectivity index (χ3n) is 3.48. The highest BCUT2D eigenvalue weighted by Crippen LogP contribution is 2.14. The first-order valence-corrected chi connectivity index (χ1v) is 7.29. The fourth-order valence-corrected chi connectivity index (χ4v) is 2.03. The molecule has 0 bridgehead atoms. The van der Waals surface area contributed by atoms with Crippen LogP contribution in [0.25, 0.3) is 0 Å². The summed E-state index contributed by atoms with van der Waals surface area (Å²) < 4.78 is 10.6. The van der Waals surface area contributed by atoms with E-state index in [1.54, 1.807) is 0 Å². The smallest absolute Gasteiger partial charge is 0.323 e. The van der Waals surface area contributed by atoms with Crippen molar-refractivity contribution in [3.05, 3.63) is 23.9 Å². The van der Waals surface area contributed by atoms with E-state index in [0.717, 1.165) is 24.6 Å². The van der Waals surface area contributed by atoms with Gasteiger partial charge in [0.25, 0.3) is 0 Å². The summed E-state index contributed by atoms with van der Waals surface area (Å²) in [5.41, 5.74) is 6.48. The van der Waals surface area contributed by atoms with Crippen molar-refractivity contribution in [2.45, 2.75) is 26.5 Å². The average molecular weight is 293 g/mol. The highest BCUT2D eigenvalue weighted by Gasteiger charge is 2.19. The fourth-order valence-electron chi connectivity index (χ4n) is 2.03. The van der Waals surface area contributed by atoms with Gasteiger partial charge in [0.2, 0.25) is 0 Å². The molecule has 0 unspecified atom stereocenters. The van der Waals surface area contributed by atoms with Crippen LogP contribution in [0, 0.1) is 5.92 Å². The number of carbonyl (C=O) groups excluding carboxylic acids is 1. The van der Waals surface area contributed by atoms with Crippen LogP contribution in [0.3, 0.4) is 0 Å². The van der Waals surface area contributed by atoms with Crippen LogP contribution in [0.15, 0.2) is 18.2 Å². The van der Waals surface area contributed by atoms with Gasteiger partial charge in [-0.15, -0.1) is 0 Å². The van der Waals surface area contributed by atoms with Crippen molar-refractivity contribution in [2.75, 3.05) is 31.2 Å². The number of morpholine rings is 1. The summed E-state index contributed by atoms with van der Waals surface area (Å²) in [5, 5.41) is 0. The molecule has 0 spiro atoms. The van der Waals surface area contributed by atoms with Gasteiger partial charge >= 0.3 is 5.97 Å². The van der Waals surface area contributed by atoms with Crippen molar-refractivity contribution in [1.82, 2.24) is 4.98 Å². The summed E-state index contributed by atoms with van der Waals surface area (Å²) >= 11 is 0. The molecule has 0 aliphatic carbocycles. The maximum absolute atomic E-state index is 11.7. The van der Waals surface area contributed by atoms with Crippen LogP contribution in [0.4, 0.5) is 5.82 Å². The van der Waals surface area contributed by atoms with Crippen molar-refractivity contribution in [3.63, 3.8) is 0 Å². The van der Waals surface area contributed by atoms with Crippen molar-refractivity contribution in [2.24, 2.45) is 11.7 Å². The summed E-state index contributed by atoms with van der Waals surface area (Å²) in [6.45, 7) is 7.01. The van der Waals surface area contributed by atoms with Crippen molar-refractivity contribution in [1.29, 1.82) is 0 Å². The zero-order valence-corrected chi connectivity index (χ0v) is 12.6. The lowest BCUT2D eigenvalue weighted by Crippen LogP contribution is -2.37. The topological polar surface area (TPSA) is 77.7 Å². The van der Waals surface area contributed by atoms with Gasteiger partial charge in [-0.1, -0.05) is 19.9 Å². The molecule has 1 aliphatic heterocycles. The summed E-state index contributed by atoms with van der Waals surface area (Å²) in [7, 11) is 0. The van der Waals surface area contributed by atoms with Gasteiger partial charge in [0, 0.05) is 13.1 Å². The minimum absolute atomic E-state index is 0.0603. The lowest BCUT2D eigenvalue weighted by atomic mass is 10.1. The van der Waals surface area contributed by atoms with Gasteiger partial charge in [-0.2, -0.15) is 0 Å². The number of hydrogen-bond donors (Lipinski definition) is 1. The third kappa shape index (κ3) is 4.41. The minimum Gasteiger partial charge on any atom is -0.458 e. The van der Waals surface area contributed by atoms with E-state index in [2.05, 4.69) is 9.88 Å². The molecule has 1 aromatic heterocycles. The number of carbonyl (C=O) groups is 1. The molecule has 0 amide bonds. The Hall–Kier alpha value is -1.66. The number of hydrogen-bond acceptors (Lipinski definition) is 6. The van der Waals surface area contributed by atoms with E-state index in [9.17, 15) is 4.79 Å². The Kier molecular flexibility index (Phi) is 5.52. The second-order valence-corrected chi connectivity index (χ2v) is 5.46. The van der Waals surface area contributed by atoms with Gasteiger partial charge in [0.15, 0.2) is 0 Å². The second kappa shape index (κ2) is 7.38. The molecule has 2 N–H and O–H groups in total. The Morgan fingerprint density at radius 3 is 2.81 bits per heavy atom. The maximum Gasteiger partial charge on any atom is 0.323 e. The Bertz CT molecular complexity index is 473. The molecule has 116 valence electrons. The number of rotatable bonds is 5. The molecule has 1 aromatic rings. The fraction of sp³-hybridized carbons (Fsp3) is 0.600. The predicted octanol–water partition coefficient (Wildman–Crippen LogP) is 0.945. The monoisotopic (exact) mass is 293 g/mol. The number of ether oxygens (including phenoxy) is 2. The first-order valence-electron chi connectivity index (χ1n) is 7.29. The summed E-state index contributed by atoms with van der Waals surface area (Å²) in [5.74, 6) is 0.564. The van der Waals surface area contributed by atoms with Crippen LogP contribution < -0.4 is 10.6 Å². The van der Waals surface area contributed by atoms with E-state index < -0.39 is 6.04 Å². The highest BCUT2D eigenvalue weighted by molar-refractivity contribution is 5.75. The van der Waals surface area contributed by atoms with Crippen LogP contribution in [-0.4, -0.2) is 43.3 Å². The van der Waals surface area contributed by atoms with E-state index in [4.69, 9.17) is 15.2 Å². The second-order valence-electron chi connectivity index (χ2n) is 5.46. The first-order chi connectivity index (χ1) is 10.1. The Balaban J connectivity index is 1.93. The largest absolute Gasteiger partial charge is 0.458 e. The molecule has 6 nitrogen and oxygen atoms in total. The molecule has 6 heteroatoms. The Morgan fingerprint density at radius 2 is 2.14 bits per heavy atom. The highest BCUT2D eigenvalue weighted by atomic mass is 16.5. The maximum atomic E-state index is 11.7. The number of nitrogens with two attached hydrogens (primary N) is 1. The molecule has 1 atom stereocenters. The number of nitrogens with zero attached hydrogens (tertiary/aromatic N) is 2. The van der Waals surface area contributed by atoms with Crippen LogP contribution in [0.5, 0.6) is 0 Å². The van der Waals surface area contributed by atoms with Crippen LogP contribution in [-0.2, 0) is 20.9 Å². The molecule has 1 fully saturated rings. The third-order valence-corrected chi connectivity index (χ3v) is 3.48. The Morgan fingerprint density at radius 1 is 1.43 bits per heavy atom. The number of pyridine rings is 1. The standard InChI is InChI=1S/C15H23N3O3/c1-11(2)14(16)15(19)21-10-12-4-3-5-13(17-12)18-6-8-20-9-7-18/h3-5,11,14H,6-10,16H2,1-2H3/t14-/m0/s1. The molecule has 21 heavy (non-hydrogen) atoms. The van der Waals surface area contributed by atoms with E-state index in [1.807, 2.05) is 32.0 Å². The molecule has 0 saturated carbocycles. The predicted molar refractivity (Wildman–Crippen MR) is 79.9 cm³/mol. The molecule has 0 radical (unpaired) electrons. The summed E-state index contributed by atoms with van der Waals surface area (Å²) in [6.07, 6.45) is 0. The number of esters is 1. The normalized spacial score (nSPS) is 16.9. The molecule has 2 rings (SSSR count). The van der Waals surface area contributed by atoms with Gasteiger partial charge in [0.1, 0.15) is 18.5 Å². The first kappa shape index (κ1) is 15.7. The number of anilines is 1. The van der Waals surface area contributed by atoms with E-state index in [0.29, 0.717) is 13.2 Å². The van der Waals surface area contributed by atoms with Gasteiger partial charge < -0.3 is 20.1 Å². The summed E-state index contributed by atoms with van der Waals surface area (Å²) in [6, 6.07) is 5.13. The molecular weight excluding hydrogens is 270 g/mol. The lowest BCUT2D eigenvalue weighted by molar-refractivity contribution is -0.147. The van der Waals surface area contributed by atoms with Crippen LogP contribution in [0.2, 0.25) is 0 Å². The quantitative estimate of drug-likeness (QED) is 0.814. The molecule has 2 heterocycles. The number of aromatic nitrogens is 1. The SMILES string of the molecule is CC(C)[C@H](N)C(=O)OCc1cccc(N2CCOCC2)n1. The Labute approximate surface area is 125 Å². The summed E-state index contributed by atoms with van der Waals surface area (Å²) in [4.78, 5) is 18.4. The zero-order valence-electron chi connectivity index (χ0n) is 12.6. The lowest BCUT2D eigenvalue weighted by Gasteiger charge is -2.28. The molecule has 1 aliphatic rings. The van der Waals surface area contributed by atoms with Crippen LogP contribution in [0.1, 0.15) is 19.5 Å². The van der Waals surface area contributed by atoms with Crippen molar-refractivity contribution >= 4 is 11.8 Å².